The number of hydrogen-bond donors (Lipinski definition) is 1. The molecule has 136 valence electrons. The standard InChI is InChI=1S/C14H14Cl2N8OS/c1-23-13(19-20-14(23)26-7-11(17)25)5-12-18-22-24(21-12)6-8-2-3-9(15)4-10(8)16/h2-4H,5-7H2,1H3,(H2,17,25). The number of rotatable bonds is 7. The van der Waals surface area contributed by atoms with Crippen LogP contribution in [0.3, 0.4) is 0 Å². The van der Waals surface area contributed by atoms with E-state index in [1.165, 1.54) is 16.6 Å². The van der Waals surface area contributed by atoms with E-state index in [0.29, 0.717) is 39.8 Å². The van der Waals surface area contributed by atoms with Crippen molar-refractivity contribution < 1.29 is 4.79 Å². The molecule has 0 unspecified atom stereocenters. The summed E-state index contributed by atoms with van der Waals surface area (Å²) in [6, 6.07) is 5.24. The first kappa shape index (κ1) is 18.6. The first-order valence-corrected chi connectivity index (χ1v) is 9.16. The molecule has 2 N–H and O–H groups in total. The fraction of sp³-hybridized carbons (Fsp3) is 0.286. The normalized spacial score (nSPS) is 11.0. The number of hydrogen-bond acceptors (Lipinski definition) is 7. The van der Waals surface area contributed by atoms with Crippen LogP contribution in [0.2, 0.25) is 10.0 Å². The highest BCUT2D eigenvalue weighted by Gasteiger charge is 2.14. The zero-order valence-electron chi connectivity index (χ0n) is 13.6. The van der Waals surface area contributed by atoms with Crippen LogP contribution >= 0.6 is 35.0 Å². The number of tetrazole rings is 1. The van der Waals surface area contributed by atoms with Crippen molar-refractivity contribution in [2.45, 2.75) is 18.1 Å². The molecule has 0 atom stereocenters. The van der Waals surface area contributed by atoms with Gasteiger partial charge in [0.2, 0.25) is 5.91 Å². The van der Waals surface area contributed by atoms with Crippen molar-refractivity contribution in [2.75, 3.05) is 5.75 Å². The number of thioether (sulfide) groups is 1. The van der Waals surface area contributed by atoms with E-state index in [1.54, 1.807) is 23.7 Å². The number of halogens is 2. The molecule has 1 aromatic carbocycles. The van der Waals surface area contributed by atoms with Crippen molar-refractivity contribution in [3.8, 4) is 0 Å². The number of primary amides is 1. The van der Waals surface area contributed by atoms with Gasteiger partial charge in [-0.3, -0.25) is 4.79 Å². The van der Waals surface area contributed by atoms with Gasteiger partial charge in [-0.25, -0.2) is 0 Å². The summed E-state index contributed by atoms with van der Waals surface area (Å²) in [5.74, 6) is 0.880. The Kier molecular flexibility index (Phi) is 5.74. The van der Waals surface area contributed by atoms with Crippen LogP contribution in [0.1, 0.15) is 17.2 Å². The van der Waals surface area contributed by atoms with Gasteiger partial charge in [0.05, 0.1) is 18.7 Å². The van der Waals surface area contributed by atoms with Crippen molar-refractivity contribution in [1.29, 1.82) is 0 Å². The van der Waals surface area contributed by atoms with E-state index >= 15 is 0 Å². The molecule has 0 saturated heterocycles. The van der Waals surface area contributed by atoms with Crippen molar-refractivity contribution >= 4 is 40.9 Å². The van der Waals surface area contributed by atoms with Gasteiger partial charge in [0, 0.05) is 17.1 Å². The molecule has 3 aromatic rings. The van der Waals surface area contributed by atoms with E-state index in [4.69, 9.17) is 28.9 Å². The maximum Gasteiger partial charge on any atom is 0.227 e. The molecule has 0 spiro atoms. The summed E-state index contributed by atoms with van der Waals surface area (Å²) >= 11 is 13.3. The molecule has 26 heavy (non-hydrogen) atoms. The van der Waals surface area contributed by atoms with E-state index < -0.39 is 5.91 Å². The molecule has 0 bridgehead atoms. The van der Waals surface area contributed by atoms with Gasteiger partial charge < -0.3 is 10.3 Å². The lowest BCUT2D eigenvalue weighted by Crippen LogP contribution is -2.13. The predicted octanol–water partition coefficient (Wildman–Crippen LogP) is 1.32. The summed E-state index contributed by atoms with van der Waals surface area (Å²) in [5, 5.41) is 22.2. The quantitative estimate of drug-likeness (QED) is 0.581. The topological polar surface area (TPSA) is 117 Å². The maximum atomic E-state index is 10.9. The van der Waals surface area contributed by atoms with Gasteiger partial charge >= 0.3 is 0 Å². The number of aromatic nitrogens is 7. The molecule has 2 heterocycles. The second-order valence-electron chi connectivity index (χ2n) is 5.36. The summed E-state index contributed by atoms with van der Waals surface area (Å²) in [5.41, 5.74) is 5.98. The minimum atomic E-state index is -0.412. The van der Waals surface area contributed by atoms with E-state index in [2.05, 4.69) is 25.6 Å². The summed E-state index contributed by atoms with van der Waals surface area (Å²) in [4.78, 5) is 12.3. The van der Waals surface area contributed by atoms with Gasteiger partial charge in [0.25, 0.3) is 0 Å². The fourth-order valence-corrected chi connectivity index (χ4v) is 3.26. The summed E-state index contributed by atoms with van der Waals surface area (Å²) in [6.45, 7) is 0.377. The molecule has 1 amide bonds. The van der Waals surface area contributed by atoms with Crippen LogP contribution in [0, 0.1) is 0 Å². The molecule has 0 radical (unpaired) electrons. The first-order valence-electron chi connectivity index (χ1n) is 7.42. The van der Waals surface area contributed by atoms with Gasteiger partial charge in [-0.15, -0.1) is 20.4 Å². The second kappa shape index (κ2) is 8.02. The third-order valence-corrected chi connectivity index (χ3v) is 5.04. The first-order chi connectivity index (χ1) is 12.4. The summed E-state index contributed by atoms with van der Waals surface area (Å²) in [6.07, 6.45) is 0.356. The number of benzene rings is 1. The number of nitrogens with zero attached hydrogens (tertiary/aromatic N) is 7. The zero-order valence-corrected chi connectivity index (χ0v) is 16.0. The lowest BCUT2D eigenvalue weighted by molar-refractivity contribution is -0.115. The van der Waals surface area contributed by atoms with Crippen LogP contribution in [-0.4, -0.2) is 46.6 Å². The van der Waals surface area contributed by atoms with E-state index in [-0.39, 0.29) is 5.75 Å². The van der Waals surface area contributed by atoms with Crippen LogP contribution in [0.25, 0.3) is 0 Å². The molecule has 0 aliphatic carbocycles. The highest BCUT2D eigenvalue weighted by molar-refractivity contribution is 7.99. The van der Waals surface area contributed by atoms with Gasteiger partial charge in [0.15, 0.2) is 11.0 Å². The molecule has 0 aliphatic heterocycles. The van der Waals surface area contributed by atoms with Gasteiger partial charge in [-0.05, 0) is 22.9 Å². The lowest BCUT2D eigenvalue weighted by Gasteiger charge is -2.03. The number of carbonyl (C=O) groups excluding carboxylic acids is 1. The van der Waals surface area contributed by atoms with Crippen LogP contribution in [0.5, 0.6) is 0 Å². The van der Waals surface area contributed by atoms with Gasteiger partial charge in [-0.1, -0.05) is 41.0 Å². The third kappa shape index (κ3) is 4.51. The average Bonchev–Trinajstić information content (AvgIpc) is 3.16. The van der Waals surface area contributed by atoms with E-state index in [1.807, 2.05) is 6.07 Å². The Hall–Kier alpha value is -2.17. The zero-order chi connectivity index (χ0) is 18.7. The van der Waals surface area contributed by atoms with Crippen LogP contribution < -0.4 is 5.73 Å². The Bertz CT molecular complexity index is 941. The monoisotopic (exact) mass is 412 g/mol. The Balaban J connectivity index is 1.68. The van der Waals surface area contributed by atoms with Gasteiger partial charge in [0.1, 0.15) is 5.82 Å². The Morgan fingerprint density at radius 3 is 2.81 bits per heavy atom. The SMILES string of the molecule is Cn1c(Cc2nnn(Cc3ccc(Cl)cc3Cl)n2)nnc1SCC(N)=O. The van der Waals surface area contributed by atoms with Crippen LogP contribution in [-0.2, 0) is 24.8 Å². The van der Waals surface area contributed by atoms with Crippen molar-refractivity contribution in [1.82, 2.24) is 35.0 Å². The van der Waals surface area contributed by atoms with Gasteiger partial charge in [-0.2, -0.15) is 4.80 Å². The second-order valence-corrected chi connectivity index (χ2v) is 7.15. The Morgan fingerprint density at radius 1 is 1.27 bits per heavy atom. The van der Waals surface area contributed by atoms with Crippen molar-refractivity contribution in [3.05, 3.63) is 45.5 Å². The Morgan fingerprint density at radius 2 is 2.08 bits per heavy atom. The smallest absolute Gasteiger partial charge is 0.227 e. The largest absolute Gasteiger partial charge is 0.369 e. The lowest BCUT2D eigenvalue weighted by atomic mass is 10.2. The highest BCUT2D eigenvalue weighted by Crippen LogP contribution is 2.21. The average molecular weight is 413 g/mol. The molecule has 0 saturated carbocycles. The minimum Gasteiger partial charge on any atom is -0.369 e. The van der Waals surface area contributed by atoms with E-state index in [9.17, 15) is 4.79 Å². The maximum absolute atomic E-state index is 10.9. The molecule has 9 nitrogen and oxygen atoms in total. The predicted molar refractivity (Wildman–Crippen MR) is 97.1 cm³/mol. The number of carbonyl (C=O) groups is 1. The van der Waals surface area contributed by atoms with E-state index in [0.717, 1.165) is 5.56 Å². The third-order valence-electron chi connectivity index (χ3n) is 3.41. The molecule has 3 rings (SSSR count). The molecular formula is C14H14Cl2N8OS. The number of amides is 1. The molecule has 12 heteroatoms. The van der Waals surface area contributed by atoms with Crippen LogP contribution in [0.4, 0.5) is 0 Å². The highest BCUT2D eigenvalue weighted by atomic mass is 35.5. The molecule has 0 fully saturated rings. The van der Waals surface area contributed by atoms with Crippen molar-refractivity contribution in [3.63, 3.8) is 0 Å². The molecular weight excluding hydrogens is 399 g/mol. The number of nitrogens with two attached hydrogens (primary N) is 1. The van der Waals surface area contributed by atoms with Crippen molar-refractivity contribution in [2.24, 2.45) is 12.8 Å². The molecule has 2 aromatic heterocycles. The minimum absolute atomic E-state index is 0.141. The Labute approximate surface area is 162 Å². The summed E-state index contributed by atoms with van der Waals surface area (Å²) < 4.78 is 1.77. The fourth-order valence-electron chi connectivity index (χ4n) is 2.12. The molecule has 0 aliphatic rings. The van der Waals surface area contributed by atoms with Crippen LogP contribution in [0.15, 0.2) is 23.4 Å². The summed E-state index contributed by atoms with van der Waals surface area (Å²) in [7, 11) is 1.80.